The Bertz CT molecular complexity index is 3030. The number of rotatable bonds is 5. The number of anilines is 3. The Morgan fingerprint density at radius 1 is 0.400 bits per heavy atom. The second kappa shape index (κ2) is 12.5. The van der Waals surface area contributed by atoms with E-state index in [1.807, 2.05) is 48.5 Å². The molecule has 0 N–H and O–H groups in total. The lowest BCUT2D eigenvalue weighted by molar-refractivity contribution is 0.477. The molecule has 6 heteroatoms. The van der Waals surface area contributed by atoms with E-state index in [0.29, 0.717) is 0 Å². The van der Waals surface area contributed by atoms with E-state index in [2.05, 4.69) is 147 Å². The first-order valence-electron chi connectivity index (χ1n) is 18.3. The van der Waals surface area contributed by atoms with Gasteiger partial charge in [-0.25, -0.2) is 4.98 Å². The van der Waals surface area contributed by atoms with Crippen molar-refractivity contribution in [3.63, 3.8) is 0 Å². The lowest BCUT2D eigenvalue weighted by Crippen LogP contribution is -2.15. The first-order valence-corrected chi connectivity index (χ1v) is 18.3. The van der Waals surface area contributed by atoms with Gasteiger partial charge in [0, 0.05) is 28.9 Å². The summed E-state index contributed by atoms with van der Waals surface area (Å²) in [5.41, 5.74) is 11.7. The highest BCUT2D eigenvalue weighted by atomic mass is 16.5. The molecular formula is C49H31N5O. The molecule has 55 heavy (non-hydrogen) atoms. The molecule has 0 bridgehead atoms. The second-order valence-corrected chi connectivity index (χ2v) is 13.7. The van der Waals surface area contributed by atoms with E-state index < -0.39 is 0 Å². The molecule has 0 aliphatic carbocycles. The zero-order valence-electron chi connectivity index (χ0n) is 29.5. The number of nitrogens with zero attached hydrogens (tertiary/aromatic N) is 5. The molecule has 1 aliphatic rings. The van der Waals surface area contributed by atoms with Gasteiger partial charge >= 0.3 is 0 Å². The fraction of sp³-hybridized carbons (Fsp3) is 0. The molecule has 258 valence electrons. The third kappa shape index (κ3) is 5.23. The number of hydrogen-bond acceptors (Lipinski definition) is 5. The molecule has 10 aromatic rings. The maximum absolute atomic E-state index is 6.63. The van der Waals surface area contributed by atoms with E-state index >= 15 is 0 Å². The van der Waals surface area contributed by atoms with Crippen LogP contribution in [0.1, 0.15) is 0 Å². The van der Waals surface area contributed by atoms with E-state index in [1.165, 1.54) is 16.2 Å². The summed E-state index contributed by atoms with van der Waals surface area (Å²) in [5, 5.41) is 4.74. The Kier molecular flexibility index (Phi) is 7.07. The van der Waals surface area contributed by atoms with Crippen molar-refractivity contribution in [2.45, 2.75) is 0 Å². The highest BCUT2D eigenvalue weighted by molar-refractivity contribution is 6.10. The molecule has 1 aliphatic heterocycles. The van der Waals surface area contributed by atoms with Crippen molar-refractivity contribution >= 4 is 49.6 Å². The minimum Gasteiger partial charge on any atom is -0.453 e. The van der Waals surface area contributed by atoms with Crippen LogP contribution < -0.4 is 9.64 Å². The maximum atomic E-state index is 6.63. The van der Waals surface area contributed by atoms with Gasteiger partial charge in [-0.05, 0) is 113 Å². The molecule has 0 amide bonds. The van der Waals surface area contributed by atoms with Crippen LogP contribution in [0.25, 0.3) is 72.2 Å². The Morgan fingerprint density at radius 2 is 1.05 bits per heavy atom. The Balaban J connectivity index is 1.05. The van der Waals surface area contributed by atoms with E-state index in [4.69, 9.17) is 9.72 Å². The van der Waals surface area contributed by atoms with Gasteiger partial charge < -0.3 is 14.2 Å². The maximum Gasteiger partial charge on any atom is 0.152 e. The number of benzene rings is 6. The van der Waals surface area contributed by atoms with Crippen LogP contribution in [0.4, 0.5) is 17.1 Å². The van der Waals surface area contributed by atoms with Crippen LogP contribution in [0, 0.1) is 0 Å². The summed E-state index contributed by atoms with van der Waals surface area (Å²) in [5.74, 6) is 1.64. The van der Waals surface area contributed by atoms with Gasteiger partial charge in [0.2, 0.25) is 0 Å². The molecule has 11 rings (SSSR count). The van der Waals surface area contributed by atoms with Gasteiger partial charge in [0.1, 0.15) is 0 Å². The van der Waals surface area contributed by atoms with Crippen LogP contribution in [-0.4, -0.2) is 19.5 Å². The molecule has 0 radical (unpaired) electrons. The Morgan fingerprint density at radius 3 is 1.85 bits per heavy atom. The van der Waals surface area contributed by atoms with Crippen LogP contribution in [0.15, 0.2) is 188 Å². The molecule has 0 spiro atoms. The molecule has 0 saturated carbocycles. The average Bonchev–Trinajstić information content (AvgIpc) is 3.59. The zero-order valence-corrected chi connectivity index (χ0v) is 29.5. The number of hydrogen-bond donors (Lipinski definition) is 0. The summed E-state index contributed by atoms with van der Waals surface area (Å²) in [4.78, 5) is 16.6. The van der Waals surface area contributed by atoms with Crippen LogP contribution in [0.2, 0.25) is 0 Å². The Labute approximate surface area is 317 Å². The van der Waals surface area contributed by atoms with E-state index in [9.17, 15) is 0 Å². The zero-order chi connectivity index (χ0) is 36.3. The van der Waals surface area contributed by atoms with Gasteiger partial charge in [-0.15, -0.1) is 0 Å². The highest BCUT2D eigenvalue weighted by Gasteiger charge is 2.26. The molecule has 0 saturated heterocycles. The normalized spacial score (nSPS) is 12.1. The quantitative estimate of drug-likeness (QED) is 0.178. The topological polar surface area (TPSA) is 56.1 Å². The fourth-order valence-electron chi connectivity index (χ4n) is 7.90. The van der Waals surface area contributed by atoms with Crippen molar-refractivity contribution in [1.82, 2.24) is 19.5 Å². The highest BCUT2D eigenvalue weighted by Crippen LogP contribution is 2.51. The first-order chi connectivity index (χ1) is 27.2. The number of aromatic nitrogens is 4. The third-order valence-electron chi connectivity index (χ3n) is 10.4. The van der Waals surface area contributed by atoms with Gasteiger partial charge in [-0.2, -0.15) is 0 Å². The molecule has 5 heterocycles. The minimum atomic E-state index is 0.787. The van der Waals surface area contributed by atoms with Crippen molar-refractivity contribution < 1.29 is 4.74 Å². The van der Waals surface area contributed by atoms with Crippen molar-refractivity contribution in [3.05, 3.63) is 188 Å². The predicted octanol–water partition coefficient (Wildman–Crippen LogP) is 12.7. The number of ether oxygens (including phenoxy) is 1. The van der Waals surface area contributed by atoms with Crippen LogP contribution in [-0.2, 0) is 0 Å². The van der Waals surface area contributed by atoms with Crippen molar-refractivity contribution in [3.8, 4) is 51.1 Å². The largest absolute Gasteiger partial charge is 0.453 e. The van der Waals surface area contributed by atoms with Gasteiger partial charge in [0.05, 0.1) is 50.9 Å². The summed E-state index contributed by atoms with van der Waals surface area (Å²) in [6.07, 6.45) is 3.61. The van der Waals surface area contributed by atoms with Crippen LogP contribution in [0.5, 0.6) is 11.5 Å². The lowest BCUT2D eigenvalue weighted by atomic mass is 10.0. The van der Waals surface area contributed by atoms with Crippen LogP contribution >= 0.6 is 0 Å². The Hall–Kier alpha value is -7.57. The minimum absolute atomic E-state index is 0.787. The van der Waals surface area contributed by atoms with Crippen molar-refractivity contribution in [1.29, 1.82) is 0 Å². The first kappa shape index (κ1) is 31.0. The second-order valence-electron chi connectivity index (χ2n) is 13.7. The molecule has 0 unspecified atom stereocenters. The lowest BCUT2D eigenvalue weighted by Gasteiger charge is -2.33. The van der Waals surface area contributed by atoms with Gasteiger partial charge in [-0.1, -0.05) is 84.9 Å². The average molecular weight is 706 g/mol. The molecular weight excluding hydrogens is 675 g/mol. The van der Waals surface area contributed by atoms with Crippen LogP contribution in [0.3, 0.4) is 0 Å². The van der Waals surface area contributed by atoms with Crippen molar-refractivity contribution in [2.75, 3.05) is 4.90 Å². The molecule has 6 aromatic carbocycles. The molecule has 0 atom stereocenters. The van der Waals surface area contributed by atoms with Gasteiger partial charge in [0.25, 0.3) is 0 Å². The number of para-hydroxylation sites is 3. The summed E-state index contributed by atoms with van der Waals surface area (Å²) >= 11 is 0. The summed E-state index contributed by atoms with van der Waals surface area (Å²) in [6.45, 7) is 0. The SMILES string of the molecule is c1ccc(-c2cc(-n3c4ccccc4c4cc(-c5ccc6c(c5)Oc5ccccc5N6c5ccc6ccccc6c5)ccc43)cc(-c3ccccn3)n2)nc1. The monoisotopic (exact) mass is 705 g/mol. The van der Waals surface area contributed by atoms with Gasteiger partial charge in [0.15, 0.2) is 11.5 Å². The number of pyridine rings is 3. The van der Waals surface area contributed by atoms with Gasteiger partial charge in [-0.3, -0.25) is 9.97 Å². The van der Waals surface area contributed by atoms with E-state index in [0.717, 1.165) is 84.6 Å². The third-order valence-corrected chi connectivity index (χ3v) is 10.4. The fourth-order valence-corrected chi connectivity index (χ4v) is 7.90. The molecule has 4 aromatic heterocycles. The van der Waals surface area contributed by atoms with E-state index in [-0.39, 0.29) is 0 Å². The summed E-state index contributed by atoms with van der Waals surface area (Å²) in [7, 11) is 0. The number of fused-ring (bicyclic) bond motifs is 6. The van der Waals surface area contributed by atoms with E-state index in [1.54, 1.807) is 12.4 Å². The molecule has 0 fully saturated rings. The smallest absolute Gasteiger partial charge is 0.152 e. The van der Waals surface area contributed by atoms with Crippen molar-refractivity contribution in [2.24, 2.45) is 0 Å². The summed E-state index contributed by atoms with van der Waals surface area (Å²) < 4.78 is 8.95. The predicted molar refractivity (Wildman–Crippen MR) is 223 cm³/mol. The molecule has 6 nitrogen and oxygen atoms in total. The standard InChI is InChI=1S/C49H31N5O/c1-2-12-33-27-36(22-19-32(33)11-1)53-46-17-5-6-18-48(46)55-49-29-35(21-24-47(49)53)34-20-23-45-39(28-34)38-13-3-4-16-44(38)54(45)37-30-42(40-14-7-9-25-50-40)52-43(31-37)41-15-8-10-26-51-41/h1-31H. The summed E-state index contributed by atoms with van der Waals surface area (Å²) in [6, 6.07) is 61.3.